The van der Waals surface area contributed by atoms with Gasteiger partial charge in [0.15, 0.2) is 23.9 Å². The van der Waals surface area contributed by atoms with E-state index < -0.39 is 10.8 Å². The third-order valence-electron chi connectivity index (χ3n) is 3.57. The van der Waals surface area contributed by atoms with E-state index in [1.165, 1.54) is 18.2 Å². The zero-order chi connectivity index (χ0) is 18.5. The number of nitro benzene ring substituents is 1. The van der Waals surface area contributed by atoms with E-state index in [1.807, 2.05) is 12.1 Å². The molecule has 1 heterocycles. The van der Waals surface area contributed by atoms with Crippen LogP contribution in [0.2, 0.25) is 5.02 Å². The molecule has 1 N–H and O–H groups in total. The molecule has 0 unspecified atom stereocenters. The largest absolute Gasteiger partial charge is 0.486 e. The van der Waals surface area contributed by atoms with Gasteiger partial charge in [-0.15, -0.1) is 0 Å². The zero-order valence-corrected chi connectivity index (χ0v) is 14.3. The van der Waals surface area contributed by atoms with Gasteiger partial charge in [-0.1, -0.05) is 23.7 Å². The molecule has 3 rings (SSSR count). The van der Waals surface area contributed by atoms with Gasteiger partial charge in [-0.2, -0.15) is 0 Å². The first-order valence-corrected chi connectivity index (χ1v) is 8.12. The summed E-state index contributed by atoms with van der Waals surface area (Å²) in [5.74, 6) is 0.817. The first-order chi connectivity index (χ1) is 12.5. The quantitative estimate of drug-likeness (QED) is 0.612. The van der Waals surface area contributed by atoms with Gasteiger partial charge in [0.1, 0.15) is 12.7 Å². The molecule has 1 amide bonds. The average molecular weight is 379 g/mol. The lowest BCUT2D eigenvalue weighted by atomic mass is 10.2. The van der Waals surface area contributed by atoms with Crippen LogP contribution in [-0.4, -0.2) is 36.7 Å². The number of carbonyl (C=O) groups is 1. The number of carbonyl (C=O) groups excluding carboxylic acids is 1. The van der Waals surface area contributed by atoms with E-state index >= 15 is 0 Å². The maximum atomic E-state index is 11.9. The van der Waals surface area contributed by atoms with Crippen molar-refractivity contribution in [2.45, 2.75) is 6.10 Å². The fourth-order valence-electron chi connectivity index (χ4n) is 2.34. The van der Waals surface area contributed by atoms with Crippen molar-refractivity contribution in [2.24, 2.45) is 0 Å². The first-order valence-electron chi connectivity index (χ1n) is 7.75. The molecule has 136 valence electrons. The highest BCUT2D eigenvalue weighted by molar-refractivity contribution is 6.30. The number of benzene rings is 2. The Labute approximate surface area is 153 Å². The van der Waals surface area contributed by atoms with Gasteiger partial charge in [0.2, 0.25) is 0 Å². The first kappa shape index (κ1) is 17.8. The van der Waals surface area contributed by atoms with Crippen LogP contribution in [0.3, 0.4) is 0 Å². The van der Waals surface area contributed by atoms with Gasteiger partial charge in [0.25, 0.3) is 5.91 Å². The number of nitro groups is 1. The van der Waals surface area contributed by atoms with E-state index in [0.717, 1.165) is 0 Å². The number of hydrogen-bond donors (Lipinski definition) is 1. The van der Waals surface area contributed by atoms with Crippen molar-refractivity contribution in [3.8, 4) is 17.2 Å². The van der Waals surface area contributed by atoms with E-state index in [9.17, 15) is 14.9 Å². The van der Waals surface area contributed by atoms with Gasteiger partial charge in [-0.3, -0.25) is 14.9 Å². The number of rotatable bonds is 6. The van der Waals surface area contributed by atoms with Crippen LogP contribution < -0.4 is 19.5 Å². The van der Waals surface area contributed by atoms with Crippen molar-refractivity contribution < 1.29 is 23.9 Å². The van der Waals surface area contributed by atoms with Crippen LogP contribution >= 0.6 is 11.6 Å². The Balaban J connectivity index is 1.49. The summed E-state index contributed by atoms with van der Waals surface area (Å²) in [6, 6.07) is 11.2. The number of para-hydroxylation sites is 2. The number of hydrogen-bond acceptors (Lipinski definition) is 6. The van der Waals surface area contributed by atoms with E-state index in [1.54, 1.807) is 12.1 Å². The summed E-state index contributed by atoms with van der Waals surface area (Å²) in [4.78, 5) is 22.3. The molecule has 0 spiro atoms. The van der Waals surface area contributed by atoms with Crippen LogP contribution in [0.1, 0.15) is 0 Å². The number of nitrogens with one attached hydrogen (secondary N) is 1. The van der Waals surface area contributed by atoms with Crippen LogP contribution in [0, 0.1) is 10.1 Å². The average Bonchev–Trinajstić information content (AvgIpc) is 2.65. The minimum Gasteiger partial charge on any atom is -0.486 e. The van der Waals surface area contributed by atoms with Crippen molar-refractivity contribution in [1.29, 1.82) is 0 Å². The Morgan fingerprint density at radius 1 is 1.31 bits per heavy atom. The topological polar surface area (TPSA) is 99.9 Å². The number of amides is 1. The molecule has 8 nitrogen and oxygen atoms in total. The van der Waals surface area contributed by atoms with Gasteiger partial charge in [-0.05, 0) is 24.3 Å². The Bertz CT molecular complexity index is 829. The lowest BCUT2D eigenvalue weighted by Gasteiger charge is -2.26. The normalized spacial score (nSPS) is 15.2. The van der Waals surface area contributed by atoms with Crippen LogP contribution in [0.15, 0.2) is 42.5 Å². The summed E-state index contributed by atoms with van der Waals surface area (Å²) < 4.78 is 16.5. The molecule has 2 aromatic rings. The van der Waals surface area contributed by atoms with Crippen LogP contribution in [0.25, 0.3) is 0 Å². The molecule has 0 saturated carbocycles. The monoisotopic (exact) mass is 378 g/mol. The molecule has 0 fully saturated rings. The van der Waals surface area contributed by atoms with Crippen molar-refractivity contribution in [2.75, 3.05) is 19.8 Å². The van der Waals surface area contributed by atoms with Crippen LogP contribution in [0.4, 0.5) is 5.69 Å². The van der Waals surface area contributed by atoms with Gasteiger partial charge in [0, 0.05) is 11.1 Å². The predicted molar refractivity (Wildman–Crippen MR) is 93.0 cm³/mol. The summed E-state index contributed by atoms with van der Waals surface area (Å²) in [6.45, 7) is 0.159. The summed E-state index contributed by atoms with van der Waals surface area (Å²) in [7, 11) is 0. The summed E-state index contributed by atoms with van der Waals surface area (Å²) in [6.07, 6.45) is -0.335. The van der Waals surface area contributed by atoms with E-state index in [4.69, 9.17) is 25.8 Å². The van der Waals surface area contributed by atoms with Crippen molar-refractivity contribution in [1.82, 2.24) is 5.32 Å². The molecule has 0 saturated heterocycles. The zero-order valence-electron chi connectivity index (χ0n) is 13.5. The summed E-state index contributed by atoms with van der Waals surface area (Å²) in [5, 5.41) is 13.8. The Kier molecular flexibility index (Phi) is 5.43. The lowest BCUT2D eigenvalue weighted by Crippen LogP contribution is -2.42. The van der Waals surface area contributed by atoms with Gasteiger partial charge < -0.3 is 19.5 Å². The Morgan fingerprint density at radius 3 is 2.85 bits per heavy atom. The predicted octanol–water partition coefficient (Wildman–Crippen LogP) is 2.58. The van der Waals surface area contributed by atoms with Gasteiger partial charge >= 0.3 is 5.69 Å². The van der Waals surface area contributed by atoms with E-state index in [-0.39, 0.29) is 35.7 Å². The van der Waals surface area contributed by atoms with E-state index in [0.29, 0.717) is 18.1 Å². The molecular formula is C17H15ClN2O6. The summed E-state index contributed by atoms with van der Waals surface area (Å²) in [5.41, 5.74) is -0.300. The minimum atomic E-state index is -0.621. The fourth-order valence-corrected chi connectivity index (χ4v) is 2.51. The standard InChI is InChI=1S/C17H15ClN2O6/c18-11-5-6-14(13(7-11)20(22)23)25-10-17(21)19-8-12-9-24-15-3-1-2-4-16(15)26-12/h1-7,12H,8-10H2,(H,19,21)/t12-/m0/s1. The lowest BCUT2D eigenvalue weighted by molar-refractivity contribution is -0.385. The second-order valence-electron chi connectivity index (χ2n) is 5.46. The molecule has 0 radical (unpaired) electrons. The van der Waals surface area contributed by atoms with E-state index in [2.05, 4.69) is 5.32 Å². The molecule has 1 aliphatic heterocycles. The highest BCUT2D eigenvalue weighted by Crippen LogP contribution is 2.31. The third kappa shape index (κ3) is 4.34. The Morgan fingerprint density at radius 2 is 2.08 bits per heavy atom. The second-order valence-corrected chi connectivity index (χ2v) is 5.90. The number of halogens is 1. The minimum absolute atomic E-state index is 0.0271. The molecule has 1 aliphatic rings. The molecule has 0 aliphatic carbocycles. The van der Waals surface area contributed by atoms with Gasteiger partial charge in [0.05, 0.1) is 11.5 Å². The van der Waals surface area contributed by atoms with Crippen molar-refractivity contribution >= 4 is 23.2 Å². The molecule has 0 bridgehead atoms. The molecule has 0 aromatic heterocycles. The molecule has 1 atom stereocenters. The smallest absolute Gasteiger partial charge is 0.312 e. The fraction of sp³-hybridized carbons (Fsp3) is 0.235. The number of fused-ring (bicyclic) bond motifs is 1. The van der Waals surface area contributed by atoms with Crippen LogP contribution in [-0.2, 0) is 4.79 Å². The Hall–Kier alpha value is -3.00. The maximum Gasteiger partial charge on any atom is 0.312 e. The maximum absolute atomic E-state index is 11.9. The highest BCUT2D eigenvalue weighted by Gasteiger charge is 2.21. The molecule has 2 aromatic carbocycles. The molecule has 9 heteroatoms. The summed E-state index contributed by atoms with van der Waals surface area (Å²) >= 11 is 5.73. The third-order valence-corrected chi connectivity index (χ3v) is 3.81. The van der Waals surface area contributed by atoms with Crippen molar-refractivity contribution in [3.63, 3.8) is 0 Å². The SMILES string of the molecule is O=C(COc1ccc(Cl)cc1[N+](=O)[O-])NC[C@H]1COc2ccccc2O1. The molecular weight excluding hydrogens is 364 g/mol. The van der Waals surface area contributed by atoms with Crippen LogP contribution in [0.5, 0.6) is 17.2 Å². The highest BCUT2D eigenvalue weighted by atomic mass is 35.5. The number of nitrogens with zero attached hydrogens (tertiary/aromatic N) is 1. The van der Waals surface area contributed by atoms with Crippen molar-refractivity contribution in [3.05, 3.63) is 57.6 Å². The van der Waals surface area contributed by atoms with Gasteiger partial charge in [-0.25, -0.2) is 0 Å². The second kappa shape index (κ2) is 7.92. The molecule has 26 heavy (non-hydrogen) atoms. The number of ether oxygens (including phenoxy) is 3.